The number of rotatable bonds is 2. The second-order valence-corrected chi connectivity index (χ2v) is 9.13. The zero-order valence-corrected chi connectivity index (χ0v) is 13.9. The molecule has 114 valence electrons. The molecule has 1 aromatic rings. The highest BCUT2D eigenvalue weighted by Crippen LogP contribution is 2.36. The number of hydrogen-bond donors (Lipinski definition) is 0. The first-order valence-corrected chi connectivity index (χ1v) is 9.08. The molecular weight excluding hydrogens is 285 g/mol. The Bertz CT molecular complexity index is 644. The Hall–Kier alpha value is -0.845. The molecule has 21 heavy (non-hydrogen) atoms. The smallest absolute Gasteiger partial charge is 0.399 e. The van der Waals surface area contributed by atoms with Crippen LogP contribution in [-0.2, 0) is 19.0 Å². The lowest BCUT2D eigenvalue weighted by molar-refractivity contribution is 0.00578. The quantitative estimate of drug-likeness (QED) is 0.787. The van der Waals surface area contributed by atoms with Gasteiger partial charge in [0.1, 0.15) is 0 Å². The molecule has 1 atom stereocenters. The Balaban J connectivity index is 1.85. The maximum Gasteiger partial charge on any atom is 0.494 e. The van der Waals surface area contributed by atoms with Gasteiger partial charge in [0.25, 0.3) is 0 Å². The lowest BCUT2D eigenvalue weighted by Gasteiger charge is -2.32. The first kappa shape index (κ1) is 15.1. The van der Waals surface area contributed by atoms with Crippen LogP contribution in [0, 0.1) is 0 Å². The minimum atomic E-state index is -2.18. The van der Waals surface area contributed by atoms with Gasteiger partial charge in [0.05, 0.1) is 20.9 Å². The molecule has 0 aliphatic carbocycles. The molecule has 1 unspecified atom stereocenters. The summed E-state index contributed by atoms with van der Waals surface area (Å²) in [6, 6.07) is 7.69. The number of benzene rings is 1. The molecule has 0 amide bonds. The minimum Gasteiger partial charge on any atom is -0.399 e. The van der Waals surface area contributed by atoms with E-state index in [0.29, 0.717) is 12.3 Å². The van der Waals surface area contributed by atoms with Crippen LogP contribution in [-0.4, -0.2) is 34.8 Å². The molecule has 0 aromatic heterocycles. The van der Waals surface area contributed by atoms with Crippen molar-refractivity contribution >= 4 is 22.3 Å². The van der Waals surface area contributed by atoms with Crippen LogP contribution in [0.3, 0.4) is 0 Å². The average Bonchev–Trinajstić information content (AvgIpc) is 2.93. The summed E-state index contributed by atoms with van der Waals surface area (Å²) in [6.07, 6.45) is 0.914. The molecule has 0 radical (unpaired) electrons. The van der Waals surface area contributed by atoms with Crippen LogP contribution >= 0.6 is 0 Å². The summed E-state index contributed by atoms with van der Waals surface area (Å²) in [7, 11) is -2.55. The second kappa shape index (κ2) is 4.83. The summed E-state index contributed by atoms with van der Waals surface area (Å²) in [4.78, 5) is 0.820. The number of nitrogens with zero attached hydrogens (tertiary/aromatic N) is 1. The van der Waals surface area contributed by atoms with E-state index in [1.807, 2.05) is 52.0 Å². The van der Waals surface area contributed by atoms with Crippen molar-refractivity contribution in [3.63, 3.8) is 0 Å². The van der Waals surface area contributed by atoms with Crippen LogP contribution in [0.5, 0.6) is 0 Å². The predicted octanol–water partition coefficient (Wildman–Crippen LogP) is 2.22. The van der Waals surface area contributed by atoms with Crippen molar-refractivity contribution in [2.24, 2.45) is 4.36 Å². The Morgan fingerprint density at radius 1 is 1.10 bits per heavy atom. The lowest BCUT2D eigenvalue weighted by Crippen LogP contribution is -2.41. The molecule has 2 aliphatic heterocycles. The van der Waals surface area contributed by atoms with Gasteiger partial charge in [-0.3, -0.25) is 0 Å². The molecule has 0 N–H and O–H groups in total. The Morgan fingerprint density at radius 2 is 1.67 bits per heavy atom. The normalized spacial score (nSPS) is 30.4. The fourth-order valence-electron chi connectivity index (χ4n) is 2.55. The van der Waals surface area contributed by atoms with Crippen LogP contribution in [0.2, 0.25) is 0 Å². The summed E-state index contributed by atoms with van der Waals surface area (Å²) in [5.41, 5.74) is 0.267. The largest absolute Gasteiger partial charge is 0.494 e. The number of hydrogen-bond acceptors (Lipinski definition) is 4. The minimum absolute atomic E-state index is 0.345. The molecule has 1 saturated heterocycles. The van der Waals surface area contributed by atoms with Crippen LogP contribution < -0.4 is 5.46 Å². The predicted molar refractivity (Wildman–Crippen MR) is 85.3 cm³/mol. The van der Waals surface area contributed by atoms with Gasteiger partial charge >= 0.3 is 7.12 Å². The van der Waals surface area contributed by atoms with Gasteiger partial charge in [0.15, 0.2) is 0 Å². The molecule has 3 rings (SSSR count). The van der Waals surface area contributed by atoms with Crippen molar-refractivity contribution in [1.82, 2.24) is 0 Å². The summed E-state index contributed by atoms with van der Waals surface area (Å²) < 4.78 is 28.9. The monoisotopic (exact) mass is 307 g/mol. The van der Waals surface area contributed by atoms with Crippen LogP contribution in [0.15, 0.2) is 33.5 Å². The van der Waals surface area contributed by atoms with E-state index in [1.165, 1.54) is 0 Å². The van der Waals surface area contributed by atoms with Gasteiger partial charge in [-0.15, -0.1) is 0 Å². The van der Waals surface area contributed by atoms with Crippen molar-refractivity contribution in [1.29, 1.82) is 0 Å². The molecule has 0 bridgehead atoms. The molecule has 6 heteroatoms. The molecule has 1 fully saturated rings. The Labute approximate surface area is 127 Å². The third-order valence-electron chi connectivity index (χ3n) is 4.65. The third kappa shape index (κ3) is 2.54. The van der Waals surface area contributed by atoms with E-state index >= 15 is 0 Å². The highest BCUT2D eigenvalue weighted by atomic mass is 32.2. The topological polar surface area (TPSA) is 47.9 Å². The summed E-state index contributed by atoms with van der Waals surface area (Å²) >= 11 is 0. The van der Waals surface area contributed by atoms with Gasteiger partial charge in [0.2, 0.25) is 0 Å². The van der Waals surface area contributed by atoms with Gasteiger partial charge in [0, 0.05) is 17.2 Å². The van der Waals surface area contributed by atoms with Crippen molar-refractivity contribution in [2.75, 3.05) is 12.3 Å². The standard InChI is InChI=1S/C15H22BNO3S/c1-14(2)15(3,4)20-16(19-14)12-6-8-13(9-7-12)21(18)11-5-10-17-21/h6-9H,5,10-11H2,1-4H3. The van der Waals surface area contributed by atoms with E-state index in [2.05, 4.69) is 4.36 Å². The summed E-state index contributed by atoms with van der Waals surface area (Å²) in [5, 5.41) is 0. The van der Waals surface area contributed by atoms with E-state index in [4.69, 9.17) is 9.31 Å². The zero-order chi connectivity index (χ0) is 15.3. The van der Waals surface area contributed by atoms with Gasteiger partial charge in [-0.05, 0) is 51.7 Å². The van der Waals surface area contributed by atoms with E-state index in [-0.39, 0.29) is 18.3 Å². The van der Waals surface area contributed by atoms with Crippen molar-refractivity contribution in [2.45, 2.75) is 50.2 Å². The highest BCUT2D eigenvalue weighted by molar-refractivity contribution is 7.93. The molecule has 4 nitrogen and oxygen atoms in total. The second-order valence-electron chi connectivity index (χ2n) is 6.71. The van der Waals surface area contributed by atoms with E-state index in [9.17, 15) is 4.21 Å². The summed E-state index contributed by atoms with van der Waals surface area (Å²) in [6.45, 7) is 8.86. The van der Waals surface area contributed by atoms with Gasteiger partial charge in [-0.1, -0.05) is 12.1 Å². The highest BCUT2D eigenvalue weighted by Gasteiger charge is 2.51. The Morgan fingerprint density at radius 3 is 2.14 bits per heavy atom. The van der Waals surface area contributed by atoms with E-state index in [1.54, 1.807) is 0 Å². The molecular formula is C15H22BNO3S. The van der Waals surface area contributed by atoms with Crippen molar-refractivity contribution in [3.05, 3.63) is 24.3 Å². The molecule has 1 aromatic carbocycles. The fraction of sp³-hybridized carbons (Fsp3) is 0.600. The summed E-state index contributed by atoms with van der Waals surface area (Å²) in [5.74, 6) is 0.669. The first-order chi connectivity index (χ1) is 9.74. The maximum atomic E-state index is 12.6. The van der Waals surface area contributed by atoms with Crippen molar-refractivity contribution in [3.8, 4) is 0 Å². The van der Waals surface area contributed by atoms with Gasteiger partial charge < -0.3 is 9.31 Å². The van der Waals surface area contributed by atoms with Crippen LogP contribution in [0.1, 0.15) is 34.1 Å². The third-order valence-corrected chi connectivity index (χ3v) is 7.10. The molecule has 0 saturated carbocycles. The van der Waals surface area contributed by atoms with Crippen molar-refractivity contribution < 1.29 is 13.5 Å². The average molecular weight is 307 g/mol. The Kier molecular flexibility index (Phi) is 3.47. The molecule has 2 heterocycles. The van der Waals surface area contributed by atoms with E-state index < -0.39 is 9.73 Å². The van der Waals surface area contributed by atoms with Crippen LogP contribution in [0.25, 0.3) is 0 Å². The van der Waals surface area contributed by atoms with Gasteiger partial charge in [-0.25, -0.2) is 8.57 Å². The van der Waals surface area contributed by atoms with E-state index in [0.717, 1.165) is 16.8 Å². The molecule has 2 aliphatic rings. The zero-order valence-electron chi connectivity index (χ0n) is 13.1. The first-order valence-electron chi connectivity index (χ1n) is 7.40. The molecule has 0 spiro atoms. The fourth-order valence-corrected chi connectivity index (χ4v) is 4.57. The van der Waals surface area contributed by atoms with Gasteiger partial charge in [-0.2, -0.15) is 0 Å². The lowest BCUT2D eigenvalue weighted by atomic mass is 9.79. The van der Waals surface area contributed by atoms with Crippen LogP contribution in [0.4, 0.5) is 0 Å². The SMILES string of the molecule is CC1(C)OB(c2ccc(S3(=O)=NCCC3)cc2)OC1(C)C. The maximum absolute atomic E-state index is 12.6.